The number of halogens is 1. The van der Waals surface area contributed by atoms with E-state index < -0.39 is 5.82 Å². The van der Waals surface area contributed by atoms with Crippen molar-refractivity contribution in [1.29, 1.82) is 0 Å². The van der Waals surface area contributed by atoms with E-state index in [1.54, 1.807) is 12.1 Å². The third-order valence-electron chi connectivity index (χ3n) is 4.69. The molecule has 9 heteroatoms. The molecule has 30 heavy (non-hydrogen) atoms. The molecular weight excluding hydrogens is 403 g/mol. The Morgan fingerprint density at radius 3 is 2.87 bits per heavy atom. The fraction of sp³-hybridized carbons (Fsp3) is 0.143. The van der Waals surface area contributed by atoms with Crippen molar-refractivity contribution in [1.82, 2.24) is 29.8 Å². The summed E-state index contributed by atoms with van der Waals surface area (Å²) in [5.74, 6) is 0.475. The summed E-state index contributed by atoms with van der Waals surface area (Å²) < 4.78 is 22.5. The Morgan fingerprint density at radius 1 is 1.17 bits per heavy atom. The van der Waals surface area contributed by atoms with Gasteiger partial charge in [0, 0.05) is 6.20 Å². The molecule has 0 bridgehead atoms. The minimum atomic E-state index is -0.411. The van der Waals surface area contributed by atoms with E-state index in [9.17, 15) is 4.39 Å². The Labute approximate surface area is 175 Å². The van der Waals surface area contributed by atoms with Crippen LogP contribution in [0.3, 0.4) is 0 Å². The molecule has 4 heterocycles. The van der Waals surface area contributed by atoms with Crippen LogP contribution in [0.15, 0.2) is 48.9 Å². The smallest absolute Gasteiger partial charge is 0.193 e. The van der Waals surface area contributed by atoms with Gasteiger partial charge in [-0.3, -0.25) is 5.10 Å². The van der Waals surface area contributed by atoms with Crippen molar-refractivity contribution in [2.45, 2.75) is 13.8 Å². The quantitative estimate of drug-likeness (QED) is 0.444. The minimum Gasteiger partial charge on any atom is -0.493 e. The number of fused-ring (bicyclic) bond motifs is 1. The minimum absolute atomic E-state index is 0.302. The first kappa shape index (κ1) is 18.4. The Bertz CT molecular complexity index is 1340. The van der Waals surface area contributed by atoms with Crippen molar-refractivity contribution in [3.8, 4) is 38.3 Å². The van der Waals surface area contributed by atoms with Gasteiger partial charge in [-0.25, -0.2) is 18.9 Å². The van der Waals surface area contributed by atoms with E-state index in [0.29, 0.717) is 39.3 Å². The van der Waals surface area contributed by atoms with Gasteiger partial charge in [0.05, 0.1) is 34.6 Å². The maximum Gasteiger partial charge on any atom is 0.193 e. The molecule has 150 valence electrons. The summed E-state index contributed by atoms with van der Waals surface area (Å²) in [5.41, 5.74) is 3.41. The van der Waals surface area contributed by atoms with Gasteiger partial charge in [-0.2, -0.15) is 10.2 Å². The summed E-state index contributed by atoms with van der Waals surface area (Å²) in [4.78, 5) is 9.78. The van der Waals surface area contributed by atoms with E-state index in [2.05, 4.69) is 20.3 Å². The van der Waals surface area contributed by atoms with Gasteiger partial charge in [-0.15, -0.1) is 11.3 Å². The van der Waals surface area contributed by atoms with Crippen LogP contribution in [0.5, 0.6) is 5.75 Å². The highest BCUT2D eigenvalue weighted by Gasteiger charge is 2.25. The zero-order valence-electron chi connectivity index (χ0n) is 16.3. The molecule has 0 aliphatic rings. The van der Waals surface area contributed by atoms with Crippen LogP contribution < -0.4 is 4.74 Å². The second kappa shape index (κ2) is 7.34. The Kier molecular flexibility index (Phi) is 4.51. The molecule has 5 aromatic rings. The lowest BCUT2D eigenvalue weighted by atomic mass is 10.1. The maximum atomic E-state index is 15.0. The monoisotopic (exact) mass is 420 g/mol. The maximum absolute atomic E-state index is 15.0. The number of aryl methyl sites for hydroxylation is 1. The van der Waals surface area contributed by atoms with Gasteiger partial charge >= 0.3 is 0 Å². The van der Waals surface area contributed by atoms with Crippen LogP contribution in [0.2, 0.25) is 0 Å². The van der Waals surface area contributed by atoms with Gasteiger partial charge in [0.15, 0.2) is 5.82 Å². The number of benzene rings is 1. The largest absolute Gasteiger partial charge is 0.493 e. The molecule has 4 aromatic heterocycles. The van der Waals surface area contributed by atoms with Crippen LogP contribution in [0.1, 0.15) is 12.6 Å². The van der Waals surface area contributed by atoms with Crippen LogP contribution in [0, 0.1) is 12.7 Å². The van der Waals surface area contributed by atoms with Crippen molar-refractivity contribution < 1.29 is 9.13 Å². The summed E-state index contributed by atoms with van der Waals surface area (Å²) in [6.07, 6.45) is 3.38. The first-order valence-electron chi connectivity index (χ1n) is 9.40. The van der Waals surface area contributed by atoms with E-state index in [4.69, 9.17) is 9.72 Å². The van der Waals surface area contributed by atoms with E-state index in [-0.39, 0.29) is 0 Å². The summed E-state index contributed by atoms with van der Waals surface area (Å²) in [5, 5.41) is 12.2. The fourth-order valence-electron chi connectivity index (χ4n) is 3.46. The van der Waals surface area contributed by atoms with Gasteiger partial charge in [0.2, 0.25) is 0 Å². The number of hydrogen-bond acceptors (Lipinski definition) is 6. The molecule has 0 amide bonds. The molecule has 0 atom stereocenters. The van der Waals surface area contributed by atoms with Crippen molar-refractivity contribution in [2.75, 3.05) is 6.61 Å². The predicted molar refractivity (Wildman–Crippen MR) is 113 cm³/mol. The van der Waals surface area contributed by atoms with Crippen molar-refractivity contribution >= 4 is 16.9 Å². The zero-order chi connectivity index (χ0) is 20.7. The van der Waals surface area contributed by atoms with Gasteiger partial charge in [0.25, 0.3) is 0 Å². The summed E-state index contributed by atoms with van der Waals surface area (Å²) in [6, 6.07) is 10.6. The molecule has 0 radical (unpaired) electrons. The molecule has 0 saturated heterocycles. The number of ether oxygens (including phenoxy) is 1. The number of aromatic nitrogens is 6. The van der Waals surface area contributed by atoms with E-state index in [0.717, 1.165) is 16.8 Å². The molecule has 0 spiro atoms. The highest BCUT2D eigenvalue weighted by atomic mass is 32.1. The van der Waals surface area contributed by atoms with E-state index >= 15 is 0 Å². The second-order valence-corrected chi connectivity index (χ2v) is 7.56. The number of rotatable bonds is 5. The Balaban J connectivity index is 1.79. The molecule has 0 aliphatic heterocycles. The molecule has 7 nitrogen and oxygen atoms in total. The molecule has 1 aromatic carbocycles. The highest BCUT2D eigenvalue weighted by Crippen LogP contribution is 2.44. The average molecular weight is 420 g/mol. The summed E-state index contributed by atoms with van der Waals surface area (Å²) in [6.45, 7) is 4.21. The van der Waals surface area contributed by atoms with E-state index in [1.165, 1.54) is 23.7 Å². The van der Waals surface area contributed by atoms with Crippen LogP contribution in [0.4, 0.5) is 4.39 Å². The molecule has 1 N–H and O–H groups in total. The Morgan fingerprint density at radius 2 is 2.07 bits per heavy atom. The standard InChI is InChI=1S/C21H17FN6OS/c1-3-29-15-9-6-7-13(22)17(15)18-19(20-23-11-24-26-20)30-21(25-18)16-12(2)27-28-10-5-4-8-14(16)28/h4-11H,3H2,1-2H3,(H,23,24,26). The topological polar surface area (TPSA) is 81.0 Å². The average Bonchev–Trinajstić information content (AvgIpc) is 3.45. The first-order valence-corrected chi connectivity index (χ1v) is 10.2. The first-order chi connectivity index (χ1) is 14.7. The molecule has 0 unspecified atom stereocenters. The lowest BCUT2D eigenvalue weighted by Crippen LogP contribution is -1.97. The van der Waals surface area contributed by atoms with Crippen LogP contribution in [0.25, 0.3) is 38.0 Å². The van der Waals surface area contributed by atoms with Crippen LogP contribution in [-0.2, 0) is 0 Å². The van der Waals surface area contributed by atoms with Gasteiger partial charge in [-0.05, 0) is 38.1 Å². The van der Waals surface area contributed by atoms with Gasteiger partial charge < -0.3 is 4.74 Å². The molecule has 0 aliphatic carbocycles. The van der Waals surface area contributed by atoms with Gasteiger partial charge in [-0.1, -0.05) is 12.1 Å². The van der Waals surface area contributed by atoms with Crippen LogP contribution >= 0.6 is 11.3 Å². The molecule has 5 rings (SSSR count). The number of nitrogens with zero attached hydrogens (tertiary/aromatic N) is 5. The third-order valence-corrected chi connectivity index (χ3v) is 5.75. The Hall–Kier alpha value is -3.59. The lowest BCUT2D eigenvalue weighted by Gasteiger charge is -2.10. The van der Waals surface area contributed by atoms with Gasteiger partial charge in [0.1, 0.15) is 27.8 Å². The van der Waals surface area contributed by atoms with Crippen LogP contribution in [-0.4, -0.2) is 36.4 Å². The van der Waals surface area contributed by atoms with E-state index in [1.807, 2.05) is 42.8 Å². The number of pyridine rings is 1. The lowest BCUT2D eigenvalue weighted by molar-refractivity contribution is 0.340. The number of aromatic amines is 1. The SMILES string of the molecule is CCOc1cccc(F)c1-c1nc(-c2c(C)nn3ccccc23)sc1-c1nc[nH]n1. The number of thiazole rings is 1. The van der Waals surface area contributed by atoms with Crippen molar-refractivity contribution in [3.63, 3.8) is 0 Å². The van der Waals surface area contributed by atoms with Crippen molar-refractivity contribution in [2.24, 2.45) is 0 Å². The van der Waals surface area contributed by atoms with Crippen molar-refractivity contribution in [3.05, 3.63) is 60.4 Å². The normalized spacial score (nSPS) is 11.3. The molecule has 0 fully saturated rings. The summed E-state index contributed by atoms with van der Waals surface area (Å²) >= 11 is 1.40. The number of H-pyrrole nitrogens is 1. The zero-order valence-corrected chi connectivity index (χ0v) is 17.1. The molecule has 0 saturated carbocycles. The predicted octanol–water partition coefficient (Wildman–Crippen LogP) is 4.76. The number of nitrogens with one attached hydrogen (secondary N) is 1. The second-order valence-electron chi connectivity index (χ2n) is 6.56. The summed E-state index contributed by atoms with van der Waals surface area (Å²) in [7, 11) is 0. The third kappa shape index (κ3) is 2.94. The fourth-order valence-corrected chi connectivity index (χ4v) is 4.58. The number of hydrogen-bond donors (Lipinski definition) is 1. The molecular formula is C21H17FN6OS. The highest BCUT2D eigenvalue weighted by molar-refractivity contribution is 7.19.